The highest BCUT2D eigenvalue weighted by Crippen LogP contribution is 2.37. The Balaban J connectivity index is 1.58. The first-order valence-corrected chi connectivity index (χ1v) is 14.0. The molecule has 3 aromatic carbocycles. The van der Waals surface area contributed by atoms with E-state index in [0.717, 1.165) is 23.0 Å². The molecule has 1 aliphatic rings. The minimum atomic E-state index is -0.815. The SMILES string of the molecule is CCn1c2ccccc2c2cc(/C=c3\sc4n(c3=O)[C@@H](c3cc(Cl)ccc3OC)C(C(=O)OC)=C(C)N=4)ccc21. The van der Waals surface area contributed by atoms with Gasteiger partial charge in [-0.2, -0.15) is 0 Å². The molecule has 1 aliphatic heterocycles. The van der Waals surface area contributed by atoms with Crippen LogP contribution in [-0.4, -0.2) is 29.3 Å². The van der Waals surface area contributed by atoms with E-state index in [1.807, 2.05) is 24.3 Å². The highest BCUT2D eigenvalue weighted by atomic mass is 35.5. The minimum Gasteiger partial charge on any atom is -0.496 e. The number of nitrogens with zero attached hydrogens (tertiary/aromatic N) is 3. The molecule has 2 aromatic heterocycles. The first-order valence-electron chi connectivity index (χ1n) is 12.8. The van der Waals surface area contributed by atoms with Gasteiger partial charge in [0.15, 0.2) is 4.80 Å². The third-order valence-electron chi connectivity index (χ3n) is 7.32. The van der Waals surface area contributed by atoms with Gasteiger partial charge in [-0.1, -0.05) is 47.2 Å². The molecule has 0 saturated heterocycles. The maximum atomic E-state index is 14.0. The largest absolute Gasteiger partial charge is 0.496 e. The molecule has 202 valence electrons. The summed E-state index contributed by atoms with van der Waals surface area (Å²) in [5.74, 6) is -0.0711. The molecule has 5 aromatic rings. The van der Waals surface area contributed by atoms with E-state index in [1.54, 1.807) is 25.1 Å². The topological polar surface area (TPSA) is 74.8 Å². The number of ether oxygens (including phenoxy) is 2. The Morgan fingerprint density at radius 3 is 2.60 bits per heavy atom. The van der Waals surface area contributed by atoms with Gasteiger partial charge >= 0.3 is 5.97 Å². The molecule has 6 rings (SSSR count). The molecule has 7 nitrogen and oxygen atoms in total. The summed E-state index contributed by atoms with van der Waals surface area (Å²) in [7, 11) is 2.85. The van der Waals surface area contributed by atoms with Crippen molar-refractivity contribution in [2.24, 2.45) is 4.99 Å². The van der Waals surface area contributed by atoms with Crippen LogP contribution in [0.4, 0.5) is 0 Å². The summed E-state index contributed by atoms with van der Waals surface area (Å²) in [6, 6.07) is 18.9. The standard InChI is InChI=1S/C31H26ClN3O4S/c1-5-34-23-9-7-6-8-20(23)21-14-18(10-12-24(21)34)15-26-29(36)35-28(22-16-19(32)11-13-25(22)38-3)27(30(37)39-4)17(2)33-31(35)40-26/h6-16,28H,5H2,1-4H3/b26-15-/t28-/m0/s1. The average Bonchev–Trinajstić information content (AvgIpc) is 3.44. The number of para-hydroxylation sites is 1. The Hall–Kier alpha value is -4.14. The van der Waals surface area contributed by atoms with E-state index in [4.69, 9.17) is 21.1 Å². The summed E-state index contributed by atoms with van der Waals surface area (Å²) in [6.45, 7) is 4.73. The molecule has 0 N–H and O–H groups in total. The number of fused-ring (bicyclic) bond motifs is 4. The van der Waals surface area contributed by atoms with Gasteiger partial charge in [-0.25, -0.2) is 9.79 Å². The van der Waals surface area contributed by atoms with Crippen molar-refractivity contribution in [3.05, 3.63) is 108 Å². The monoisotopic (exact) mass is 571 g/mol. The Morgan fingerprint density at radius 1 is 1.07 bits per heavy atom. The zero-order chi connectivity index (χ0) is 28.1. The number of benzene rings is 3. The summed E-state index contributed by atoms with van der Waals surface area (Å²) in [5.41, 5.74) is 4.27. The fourth-order valence-corrected chi connectivity index (χ4v) is 6.79. The van der Waals surface area contributed by atoms with Gasteiger partial charge in [0.25, 0.3) is 5.56 Å². The molecule has 0 amide bonds. The third kappa shape index (κ3) is 4.06. The van der Waals surface area contributed by atoms with Crippen LogP contribution in [0.15, 0.2) is 81.7 Å². The number of hydrogen-bond donors (Lipinski definition) is 0. The molecule has 0 fully saturated rings. The molecule has 0 saturated carbocycles. The second-order valence-corrected chi connectivity index (χ2v) is 10.9. The van der Waals surface area contributed by atoms with Crippen molar-refractivity contribution in [3.8, 4) is 5.75 Å². The molecular formula is C31H26ClN3O4S. The van der Waals surface area contributed by atoms with E-state index in [-0.39, 0.29) is 11.1 Å². The lowest BCUT2D eigenvalue weighted by Crippen LogP contribution is -2.40. The molecule has 9 heteroatoms. The lowest BCUT2D eigenvalue weighted by molar-refractivity contribution is -0.136. The van der Waals surface area contributed by atoms with Gasteiger partial charge in [0, 0.05) is 38.9 Å². The van der Waals surface area contributed by atoms with Crippen LogP contribution in [-0.2, 0) is 16.1 Å². The highest BCUT2D eigenvalue weighted by Gasteiger charge is 2.35. The second-order valence-electron chi connectivity index (χ2n) is 9.50. The van der Waals surface area contributed by atoms with Crippen LogP contribution in [0.5, 0.6) is 5.75 Å². The number of esters is 1. The van der Waals surface area contributed by atoms with Crippen LogP contribution in [0.2, 0.25) is 5.02 Å². The summed E-state index contributed by atoms with van der Waals surface area (Å²) in [5, 5.41) is 2.75. The summed E-state index contributed by atoms with van der Waals surface area (Å²) < 4.78 is 15.0. The number of aromatic nitrogens is 2. The van der Waals surface area contributed by atoms with E-state index >= 15 is 0 Å². The number of allylic oxidation sites excluding steroid dienone is 1. The summed E-state index contributed by atoms with van der Waals surface area (Å²) >= 11 is 7.65. The van der Waals surface area contributed by atoms with E-state index in [9.17, 15) is 9.59 Å². The zero-order valence-electron chi connectivity index (χ0n) is 22.4. The summed E-state index contributed by atoms with van der Waals surface area (Å²) in [6.07, 6.45) is 1.88. The quantitative estimate of drug-likeness (QED) is 0.272. The van der Waals surface area contributed by atoms with Crippen LogP contribution in [0.3, 0.4) is 0 Å². The number of methoxy groups -OCH3 is 2. The lowest BCUT2D eigenvalue weighted by atomic mass is 9.95. The van der Waals surface area contributed by atoms with Crippen LogP contribution in [0.25, 0.3) is 27.9 Å². The Morgan fingerprint density at radius 2 is 1.85 bits per heavy atom. The smallest absolute Gasteiger partial charge is 0.338 e. The molecule has 0 radical (unpaired) electrons. The zero-order valence-corrected chi connectivity index (χ0v) is 24.0. The van der Waals surface area contributed by atoms with Crippen molar-refractivity contribution in [3.63, 3.8) is 0 Å². The molecule has 0 spiro atoms. The number of carbonyl (C=O) groups is 1. The normalized spacial score (nSPS) is 15.4. The van der Waals surface area contributed by atoms with Gasteiger partial charge in [-0.05, 0) is 61.9 Å². The average molecular weight is 572 g/mol. The number of halogens is 1. The van der Waals surface area contributed by atoms with E-state index in [2.05, 4.69) is 40.7 Å². The third-order valence-corrected chi connectivity index (χ3v) is 8.54. The number of hydrogen-bond acceptors (Lipinski definition) is 6. The molecule has 0 aliphatic carbocycles. The van der Waals surface area contributed by atoms with E-state index in [0.29, 0.717) is 31.4 Å². The van der Waals surface area contributed by atoms with E-state index in [1.165, 1.54) is 41.0 Å². The minimum absolute atomic E-state index is 0.260. The summed E-state index contributed by atoms with van der Waals surface area (Å²) in [4.78, 5) is 32.1. The number of carbonyl (C=O) groups excluding carboxylic acids is 1. The van der Waals surface area contributed by atoms with Crippen molar-refractivity contribution in [2.45, 2.75) is 26.4 Å². The molecular weight excluding hydrogens is 546 g/mol. The molecule has 0 bridgehead atoms. The molecule has 40 heavy (non-hydrogen) atoms. The van der Waals surface area contributed by atoms with Crippen LogP contribution in [0.1, 0.15) is 31.0 Å². The maximum Gasteiger partial charge on any atom is 0.338 e. The van der Waals surface area contributed by atoms with Gasteiger partial charge in [0.2, 0.25) is 0 Å². The fraction of sp³-hybridized carbons (Fsp3) is 0.194. The number of rotatable bonds is 5. The van der Waals surface area contributed by atoms with Gasteiger partial charge in [-0.3, -0.25) is 9.36 Å². The van der Waals surface area contributed by atoms with Crippen molar-refractivity contribution < 1.29 is 14.3 Å². The van der Waals surface area contributed by atoms with Crippen LogP contribution in [0, 0.1) is 0 Å². The molecule has 1 atom stereocenters. The van der Waals surface area contributed by atoms with Gasteiger partial charge in [-0.15, -0.1) is 0 Å². The Kier molecular flexibility index (Phi) is 6.60. The first kappa shape index (κ1) is 26.1. The molecule has 0 unspecified atom stereocenters. The van der Waals surface area contributed by atoms with Crippen molar-refractivity contribution >= 4 is 56.8 Å². The predicted octanol–water partition coefficient (Wildman–Crippen LogP) is 5.20. The number of thiazole rings is 1. The van der Waals surface area contributed by atoms with Gasteiger partial charge in [0.05, 0.1) is 30.0 Å². The first-order chi connectivity index (χ1) is 19.4. The second kappa shape index (κ2) is 10.1. The Bertz CT molecular complexity index is 2050. The maximum absolute atomic E-state index is 14.0. The Labute approximate surface area is 238 Å². The highest BCUT2D eigenvalue weighted by molar-refractivity contribution is 7.07. The van der Waals surface area contributed by atoms with Crippen molar-refractivity contribution in [1.29, 1.82) is 0 Å². The van der Waals surface area contributed by atoms with E-state index < -0.39 is 12.0 Å². The van der Waals surface area contributed by atoms with Gasteiger partial charge in [0.1, 0.15) is 11.8 Å². The van der Waals surface area contributed by atoms with Crippen LogP contribution < -0.4 is 19.6 Å². The predicted molar refractivity (Wildman–Crippen MR) is 159 cm³/mol. The molecule has 3 heterocycles. The van der Waals surface area contributed by atoms with Crippen LogP contribution >= 0.6 is 22.9 Å². The van der Waals surface area contributed by atoms with Crippen molar-refractivity contribution in [2.75, 3.05) is 14.2 Å². The number of aryl methyl sites for hydroxylation is 1. The lowest BCUT2D eigenvalue weighted by Gasteiger charge is -2.25. The van der Waals surface area contributed by atoms with Crippen molar-refractivity contribution in [1.82, 2.24) is 9.13 Å². The van der Waals surface area contributed by atoms with Gasteiger partial charge < -0.3 is 14.0 Å². The fourth-order valence-electron chi connectivity index (χ4n) is 5.56.